The van der Waals surface area contributed by atoms with Gasteiger partial charge in [0.1, 0.15) is 0 Å². The number of aromatic nitrogens is 3. The van der Waals surface area contributed by atoms with Gasteiger partial charge in [0.25, 0.3) is 0 Å². The van der Waals surface area contributed by atoms with E-state index in [2.05, 4.69) is 21.9 Å². The first-order valence-electron chi connectivity index (χ1n) is 5.80. The molecule has 0 aliphatic rings. The van der Waals surface area contributed by atoms with E-state index in [1.807, 2.05) is 43.5 Å². The molecular formula is C15H10ClN3. The molecule has 0 fully saturated rings. The van der Waals surface area contributed by atoms with E-state index in [1.165, 1.54) is 0 Å². The monoisotopic (exact) mass is 267 g/mol. The summed E-state index contributed by atoms with van der Waals surface area (Å²) in [6, 6.07) is 9.35. The topological polar surface area (TPSA) is 30.2 Å². The van der Waals surface area contributed by atoms with Crippen molar-refractivity contribution in [1.29, 1.82) is 0 Å². The van der Waals surface area contributed by atoms with E-state index >= 15 is 0 Å². The minimum atomic E-state index is 0.709. The van der Waals surface area contributed by atoms with Crippen LogP contribution in [0.25, 0.3) is 5.65 Å². The molecule has 2 aromatic heterocycles. The lowest BCUT2D eigenvalue weighted by Crippen LogP contribution is -1.91. The van der Waals surface area contributed by atoms with E-state index in [4.69, 9.17) is 11.6 Å². The Kier molecular flexibility index (Phi) is 2.94. The molecule has 1 aromatic carbocycles. The van der Waals surface area contributed by atoms with Gasteiger partial charge in [0.05, 0.1) is 11.3 Å². The summed E-state index contributed by atoms with van der Waals surface area (Å²) in [6.07, 6.45) is 3.62. The number of benzene rings is 1. The highest BCUT2D eigenvalue weighted by atomic mass is 35.5. The van der Waals surface area contributed by atoms with Crippen molar-refractivity contribution in [3.8, 4) is 11.8 Å². The molecule has 0 spiro atoms. The first-order chi connectivity index (χ1) is 9.20. The molecule has 0 saturated carbocycles. The summed E-state index contributed by atoms with van der Waals surface area (Å²) < 4.78 is 1.74. The van der Waals surface area contributed by atoms with Crippen LogP contribution < -0.4 is 0 Å². The zero-order chi connectivity index (χ0) is 13.2. The van der Waals surface area contributed by atoms with Gasteiger partial charge in [-0.05, 0) is 31.2 Å². The highest BCUT2D eigenvalue weighted by Crippen LogP contribution is 2.09. The number of halogens is 1. The molecule has 0 amide bonds. The summed E-state index contributed by atoms with van der Waals surface area (Å²) in [5.74, 6) is 6.14. The Morgan fingerprint density at radius 2 is 1.84 bits per heavy atom. The standard InChI is InChI=1S/C15H10ClN3/c1-11-8-15-17-9-13(10-19(15)18-11)3-2-12-4-6-14(16)7-5-12/h4-10H,1H3. The van der Waals surface area contributed by atoms with Crippen LogP contribution in [0.4, 0.5) is 0 Å². The Balaban J connectivity index is 1.95. The average molecular weight is 268 g/mol. The molecule has 2 heterocycles. The fraction of sp³-hybridized carbons (Fsp3) is 0.0667. The van der Waals surface area contributed by atoms with Gasteiger partial charge in [-0.15, -0.1) is 0 Å². The number of nitrogens with zero attached hydrogens (tertiary/aromatic N) is 3. The fourth-order valence-electron chi connectivity index (χ4n) is 1.74. The first kappa shape index (κ1) is 11.8. The van der Waals surface area contributed by atoms with Gasteiger partial charge in [0.2, 0.25) is 0 Å². The number of hydrogen-bond donors (Lipinski definition) is 0. The van der Waals surface area contributed by atoms with Gasteiger partial charge < -0.3 is 0 Å². The number of rotatable bonds is 0. The van der Waals surface area contributed by atoms with Gasteiger partial charge in [0.15, 0.2) is 5.65 Å². The number of aryl methyl sites for hydroxylation is 1. The van der Waals surface area contributed by atoms with E-state index in [-0.39, 0.29) is 0 Å². The molecule has 4 heteroatoms. The minimum absolute atomic E-state index is 0.709. The lowest BCUT2D eigenvalue weighted by molar-refractivity contribution is 0.914. The van der Waals surface area contributed by atoms with Crippen LogP contribution in [-0.2, 0) is 0 Å². The van der Waals surface area contributed by atoms with E-state index in [9.17, 15) is 0 Å². The second-order valence-corrected chi connectivity index (χ2v) is 4.62. The molecule has 0 unspecified atom stereocenters. The Morgan fingerprint density at radius 3 is 2.63 bits per heavy atom. The molecule has 19 heavy (non-hydrogen) atoms. The largest absolute Gasteiger partial charge is 0.236 e. The van der Waals surface area contributed by atoms with E-state index in [0.29, 0.717) is 5.02 Å². The van der Waals surface area contributed by atoms with Gasteiger partial charge in [0, 0.05) is 29.0 Å². The summed E-state index contributed by atoms with van der Waals surface area (Å²) in [5.41, 5.74) is 3.51. The fourth-order valence-corrected chi connectivity index (χ4v) is 1.86. The smallest absolute Gasteiger partial charge is 0.155 e. The van der Waals surface area contributed by atoms with Crippen LogP contribution in [0.1, 0.15) is 16.8 Å². The second-order valence-electron chi connectivity index (χ2n) is 4.19. The third-order valence-electron chi connectivity index (χ3n) is 2.63. The molecule has 0 saturated heterocycles. The number of fused-ring (bicyclic) bond motifs is 1. The van der Waals surface area contributed by atoms with Crippen LogP contribution in [0, 0.1) is 18.8 Å². The predicted molar refractivity (Wildman–Crippen MR) is 75.2 cm³/mol. The van der Waals surface area contributed by atoms with Crippen molar-refractivity contribution in [2.45, 2.75) is 6.92 Å². The van der Waals surface area contributed by atoms with Gasteiger partial charge in [-0.1, -0.05) is 23.4 Å². The van der Waals surface area contributed by atoms with Crippen molar-refractivity contribution in [3.63, 3.8) is 0 Å². The normalized spacial score (nSPS) is 10.2. The van der Waals surface area contributed by atoms with E-state index in [0.717, 1.165) is 22.5 Å². The maximum absolute atomic E-state index is 5.83. The molecule has 0 atom stereocenters. The van der Waals surface area contributed by atoms with Crippen molar-refractivity contribution < 1.29 is 0 Å². The van der Waals surface area contributed by atoms with Crippen LogP contribution in [0.3, 0.4) is 0 Å². The van der Waals surface area contributed by atoms with E-state index < -0.39 is 0 Å². The third-order valence-corrected chi connectivity index (χ3v) is 2.88. The summed E-state index contributed by atoms with van der Waals surface area (Å²) in [5, 5.41) is 5.02. The third kappa shape index (κ3) is 2.59. The Bertz CT molecular complexity index is 792. The molecular weight excluding hydrogens is 258 g/mol. The second kappa shape index (κ2) is 4.75. The molecule has 3 nitrogen and oxygen atoms in total. The summed E-state index contributed by atoms with van der Waals surface area (Å²) in [6.45, 7) is 1.94. The maximum Gasteiger partial charge on any atom is 0.155 e. The van der Waals surface area contributed by atoms with Crippen molar-refractivity contribution in [1.82, 2.24) is 14.6 Å². The molecule has 3 aromatic rings. The summed E-state index contributed by atoms with van der Waals surface area (Å²) in [7, 11) is 0. The van der Waals surface area contributed by atoms with Crippen LogP contribution in [0.5, 0.6) is 0 Å². The highest BCUT2D eigenvalue weighted by molar-refractivity contribution is 6.30. The summed E-state index contributed by atoms with van der Waals surface area (Å²) >= 11 is 5.83. The average Bonchev–Trinajstić information content (AvgIpc) is 2.77. The molecule has 0 aliphatic carbocycles. The molecule has 0 bridgehead atoms. The quantitative estimate of drug-likeness (QED) is 0.586. The summed E-state index contributed by atoms with van der Waals surface area (Å²) in [4.78, 5) is 4.31. The molecule has 92 valence electrons. The van der Waals surface area contributed by atoms with Crippen LogP contribution >= 0.6 is 11.6 Å². The van der Waals surface area contributed by atoms with Crippen LogP contribution in [-0.4, -0.2) is 14.6 Å². The highest BCUT2D eigenvalue weighted by Gasteiger charge is 1.98. The Morgan fingerprint density at radius 1 is 1.11 bits per heavy atom. The lowest BCUT2D eigenvalue weighted by atomic mass is 10.2. The van der Waals surface area contributed by atoms with Gasteiger partial charge in [-0.3, -0.25) is 0 Å². The van der Waals surface area contributed by atoms with Crippen molar-refractivity contribution in [2.24, 2.45) is 0 Å². The van der Waals surface area contributed by atoms with Gasteiger partial charge in [-0.25, -0.2) is 9.50 Å². The van der Waals surface area contributed by atoms with Crippen molar-refractivity contribution in [2.75, 3.05) is 0 Å². The molecule has 0 aliphatic heterocycles. The zero-order valence-electron chi connectivity index (χ0n) is 10.3. The Labute approximate surface area is 115 Å². The van der Waals surface area contributed by atoms with Crippen molar-refractivity contribution >= 4 is 17.2 Å². The number of hydrogen-bond acceptors (Lipinski definition) is 2. The molecule has 0 radical (unpaired) electrons. The lowest BCUT2D eigenvalue weighted by Gasteiger charge is -1.93. The van der Waals surface area contributed by atoms with Gasteiger partial charge in [-0.2, -0.15) is 5.10 Å². The first-order valence-corrected chi connectivity index (χ1v) is 6.18. The van der Waals surface area contributed by atoms with Crippen LogP contribution in [0.2, 0.25) is 5.02 Å². The Hall–Kier alpha value is -2.31. The van der Waals surface area contributed by atoms with Crippen LogP contribution in [0.15, 0.2) is 42.7 Å². The maximum atomic E-state index is 5.83. The molecule has 0 N–H and O–H groups in total. The van der Waals surface area contributed by atoms with Gasteiger partial charge >= 0.3 is 0 Å². The zero-order valence-corrected chi connectivity index (χ0v) is 11.0. The predicted octanol–water partition coefficient (Wildman–Crippen LogP) is 3.09. The van der Waals surface area contributed by atoms with Crippen molar-refractivity contribution in [3.05, 3.63) is 64.6 Å². The SMILES string of the molecule is Cc1cc2ncc(C#Cc3ccc(Cl)cc3)cn2n1. The van der Waals surface area contributed by atoms with E-state index in [1.54, 1.807) is 10.7 Å². The minimum Gasteiger partial charge on any atom is -0.236 e. The molecule has 3 rings (SSSR count).